The van der Waals surface area contributed by atoms with Crippen molar-refractivity contribution in [3.8, 4) is 11.4 Å². The third-order valence-electron chi connectivity index (χ3n) is 2.42. The lowest BCUT2D eigenvalue weighted by Gasteiger charge is -2.01. The molecular weight excluding hydrogens is 305 g/mol. The van der Waals surface area contributed by atoms with Crippen LogP contribution in [-0.2, 0) is 0 Å². The zero-order valence-corrected chi connectivity index (χ0v) is 11.7. The molecule has 0 amide bonds. The fraction of sp³-hybridized carbons (Fsp3) is 0.273. The number of benzene rings is 1. The van der Waals surface area contributed by atoms with Crippen LogP contribution >= 0.6 is 27.5 Å². The van der Waals surface area contributed by atoms with E-state index in [9.17, 15) is 0 Å². The predicted molar refractivity (Wildman–Crippen MR) is 69.9 cm³/mol. The van der Waals surface area contributed by atoms with Gasteiger partial charge in [0.15, 0.2) is 0 Å². The summed E-state index contributed by atoms with van der Waals surface area (Å²) in [5.41, 5.74) is 0.861. The van der Waals surface area contributed by atoms with Gasteiger partial charge in [-0.3, -0.25) is 0 Å². The number of rotatable bonds is 3. The van der Waals surface area contributed by atoms with Gasteiger partial charge in [0.2, 0.25) is 11.7 Å². The van der Waals surface area contributed by atoms with Gasteiger partial charge in [0, 0.05) is 10.0 Å². The molecular formula is C11H11BrClN3O. The van der Waals surface area contributed by atoms with Gasteiger partial charge in [0.05, 0.1) is 11.1 Å². The van der Waals surface area contributed by atoms with E-state index in [1.165, 1.54) is 0 Å². The summed E-state index contributed by atoms with van der Waals surface area (Å²) in [6.45, 7) is 1.95. The Labute approximate surface area is 112 Å². The molecule has 1 aromatic heterocycles. The normalized spacial score (nSPS) is 12.7. The van der Waals surface area contributed by atoms with E-state index in [1.807, 2.05) is 26.1 Å². The summed E-state index contributed by atoms with van der Waals surface area (Å²) in [6, 6.07) is 5.54. The Kier molecular flexibility index (Phi) is 3.81. The number of nitrogens with one attached hydrogen (secondary N) is 1. The van der Waals surface area contributed by atoms with Crippen molar-refractivity contribution in [1.82, 2.24) is 15.5 Å². The molecule has 1 aromatic carbocycles. The lowest BCUT2D eigenvalue weighted by molar-refractivity contribution is 0.347. The number of hydrogen-bond acceptors (Lipinski definition) is 4. The molecule has 2 aromatic rings. The second-order valence-corrected chi connectivity index (χ2v) is 4.86. The first-order chi connectivity index (χ1) is 8.11. The fourth-order valence-electron chi connectivity index (χ4n) is 1.29. The fourth-order valence-corrected chi connectivity index (χ4v) is 1.78. The van der Waals surface area contributed by atoms with Crippen LogP contribution in [0.1, 0.15) is 18.9 Å². The topological polar surface area (TPSA) is 51.0 Å². The van der Waals surface area contributed by atoms with Crippen molar-refractivity contribution < 1.29 is 4.52 Å². The molecule has 0 saturated carbocycles. The summed E-state index contributed by atoms with van der Waals surface area (Å²) < 4.78 is 5.98. The van der Waals surface area contributed by atoms with Crippen LogP contribution in [0.5, 0.6) is 0 Å². The smallest absolute Gasteiger partial charge is 0.243 e. The summed E-state index contributed by atoms with van der Waals surface area (Å²) in [4.78, 5) is 4.32. The SMILES string of the molecule is CNC(C)c1nc(-c2ccc(Cl)c(Br)c2)no1. The summed E-state index contributed by atoms with van der Waals surface area (Å²) in [7, 11) is 1.84. The minimum atomic E-state index is 0.0343. The van der Waals surface area contributed by atoms with Crippen molar-refractivity contribution in [3.63, 3.8) is 0 Å². The van der Waals surface area contributed by atoms with Gasteiger partial charge >= 0.3 is 0 Å². The van der Waals surface area contributed by atoms with Crippen molar-refractivity contribution in [1.29, 1.82) is 0 Å². The van der Waals surface area contributed by atoms with Crippen LogP contribution in [0, 0.1) is 0 Å². The van der Waals surface area contributed by atoms with Crippen LogP contribution in [0.3, 0.4) is 0 Å². The van der Waals surface area contributed by atoms with Crippen LogP contribution in [0.25, 0.3) is 11.4 Å². The van der Waals surface area contributed by atoms with Crippen LogP contribution in [0.15, 0.2) is 27.2 Å². The van der Waals surface area contributed by atoms with Gasteiger partial charge < -0.3 is 9.84 Å². The minimum absolute atomic E-state index is 0.0343. The predicted octanol–water partition coefficient (Wildman–Crippen LogP) is 3.43. The van der Waals surface area contributed by atoms with E-state index >= 15 is 0 Å². The van der Waals surface area contributed by atoms with Crippen LogP contribution in [0.2, 0.25) is 5.02 Å². The molecule has 0 aliphatic rings. The Hall–Kier alpha value is -0.910. The molecule has 0 radical (unpaired) electrons. The molecule has 0 aliphatic heterocycles. The van der Waals surface area contributed by atoms with Gasteiger partial charge in [-0.1, -0.05) is 16.8 Å². The summed E-state index contributed by atoms with van der Waals surface area (Å²) in [5.74, 6) is 1.12. The minimum Gasteiger partial charge on any atom is -0.337 e. The summed E-state index contributed by atoms with van der Waals surface area (Å²) >= 11 is 9.29. The Morgan fingerprint density at radius 3 is 2.88 bits per heavy atom. The van der Waals surface area contributed by atoms with Gasteiger partial charge in [-0.05, 0) is 48.1 Å². The molecule has 0 aliphatic carbocycles. The molecule has 0 spiro atoms. The second-order valence-electron chi connectivity index (χ2n) is 3.60. The van der Waals surface area contributed by atoms with Crippen molar-refractivity contribution >= 4 is 27.5 Å². The highest BCUT2D eigenvalue weighted by Gasteiger charge is 2.13. The van der Waals surface area contributed by atoms with Gasteiger partial charge in [-0.25, -0.2) is 0 Å². The Morgan fingerprint density at radius 1 is 1.47 bits per heavy atom. The standard InChI is InChI=1S/C11H11BrClN3O/c1-6(14-2)11-15-10(16-17-11)7-3-4-9(13)8(12)5-7/h3-6,14H,1-2H3. The van der Waals surface area contributed by atoms with Gasteiger partial charge in [-0.2, -0.15) is 4.98 Å². The lowest BCUT2D eigenvalue weighted by Crippen LogP contribution is -2.12. The van der Waals surface area contributed by atoms with E-state index in [0.29, 0.717) is 16.7 Å². The van der Waals surface area contributed by atoms with E-state index in [1.54, 1.807) is 6.07 Å². The van der Waals surface area contributed by atoms with Gasteiger partial charge in [-0.15, -0.1) is 0 Å². The van der Waals surface area contributed by atoms with Crippen molar-refractivity contribution in [2.45, 2.75) is 13.0 Å². The maximum Gasteiger partial charge on any atom is 0.243 e. The van der Waals surface area contributed by atoms with Gasteiger partial charge in [0.25, 0.3) is 0 Å². The first kappa shape index (κ1) is 12.5. The number of hydrogen-bond donors (Lipinski definition) is 1. The van der Waals surface area contributed by atoms with E-state index in [4.69, 9.17) is 16.1 Å². The van der Waals surface area contributed by atoms with Crippen molar-refractivity contribution in [2.75, 3.05) is 7.05 Å². The zero-order chi connectivity index (χ0) is 12.4. The van der Waals surface area contributed by atoms with E-state index in [2.05, 4.69) is 31.4 Å². The third kappa shape index (κ3) is 2.68. The molecule has 0 fully saturated rings. The molecule has 90 valence electrons. The largest absolute Gasteiger partial charge is 0.337 e. The number of aromatic nitrogens is 2. The average molecular weight is 317 g/mol. The van der Waals surface area contributed by atoms with E-state index in [0.717, 1.165) is 10.0 Å². The second kappa shape index (κ2) is 5.16. The Morgan fingerprint density at radius 2 is 2.24 bits per heavy atom. The molecule has 2 rings (SSSR count). The number of nitrogens with zero attached hydrogens (tertiary/aromatic N) is 2. The van der Waals surface area contributed by atoms with Crippen molar-refractivity contribution in [3.05, 3.63) is 33.6 Å². The first-order valence-corrected chi connectivity index (χ1v) is 6.25. The third-order valence-corrected chi connectivity index (χ3v) is 3.64. The summed E-state index contributed by atoms with van der Waals surface area (Å²) in [5, 5.41) is 7.63. The molecule has 1 N–H and O–H groups in total. The van der Waals surface area contributed by atoms with Crippen LogP contribution < -0.4 is 5.32 Å². The summed E-state index contributed by atoms with van der Waals surface area (Å²) in [6.07, 6.45) is 0. The van der Waals surface area contributed by atoms with Gasteiger partial charge in [0.1, 0.15) is 0 Å². The average Bonchev–Trinajstić information content (AvgIpc) is 2.81. The molecule has 1 atom stereocenters. The van der Waals surface area contributed by atoms with E-state index in [-0.39, 0.29) is 6.04 Å². The first-order valence-electron chi connectivity index (χ1n) is 5.08. The molecule has 6 heteroatoms. The zero-order valence-electron chi connectivity index (χ0n) is 9.37. The molecule has 4 nitrogen and oxygen atoms in total. The lowest BCUT2D eigenvalue weighted by atomic mass is 10.2. The maximum absolute atomic E-state index is 5.93. The van der Waals surface area contributed by atoms with E-state index < -0.39 is 0 Å². The highest BCUT2D eigenvalue weighted by Crippen LogP contribution is 2.27. The van der Waals surface area contributed by atoms with Crippen LogP contribution in [-0.4, -0.2) is 17.2 Å². The van der Waals surface area contributed by atoms with Crippen LogP contribution in [0.4, 0.5) is 0 Å². The molecule has 1 heterocycles. The molecule has 0 bridgehead atoms. The maximum atomic E-state index is 5.93. The highest BCUT2D eigenvalue weighted by atomic mass is 79.9. The Balaban J connectivity index is 2.33. The monoisotopic (exact) mass is 315 g/mol. The van der Waals surface area contributed by atoms with Crippen molar-refractivity contribution in [2.24, 2.45) is 0 Å². The number of halogens is 2. The quantitative estimate of drug-likeness (QED) is 0.942. The molecule has 0 saturated heterocycles. The highest BCUT2D eigenvalue weighted by molar-refractivity contribution is 9.10. The Bertz CT molecular complexity index is 529. The molecule has 17 heavy (non-hydrogen) atoms. The molecule has 1 unspecified atom stereocenters.